The van der Waals surface area contributed by atoms with Gasteiger partial charge in [0.25, 0.3) is 0 Å². The molecule has 8 nitrogen and oxygen atoms in total. The molecule has 4 aromatic heterocycles. The predicted octanol–water partition coefficient (Wildman–Crippen LogP) is 2.84. The Kier molecular flexibility index (Phi) is 4.30. The second-order valence-electron chi connectivity index (χ2n) is 6.07. The van der Waals surface area contributed by atoms with Crippen molar-refractivity contribution in [2.45, 2.75) is 26.7 Å². The van der Waals surface area contributed by atoms with Crippen molar-refractivity contribution in [3.05, 3.63) is 23.8 Å². The van der Waals surface area contributed by atoms with Crippen molar-refractivity contribution in [1.29, 1.82) is 0 Å². The van der Waals surface area contributed by atoms with Crippen LogP contribution >= 0.6 is 22.7 Å². The molecule has 0 aliphatic rings. The lowest BCUT2D eigenvalue weighted by Crippen LogP contribution is -2.19. The Balaban J connectivity index is 1.23. The molecule has 1 N–H and O–H groups in total. The second kappa shape index (κ2) is 6.60. The van der Waals surface area contributed by atoms with Gasteiger partial charge in [0, 0.05) is 20.1 Å². The summed E-state index contributed by atoms with van der Waals surface area (Å²) < 4.78 is 3.69. The fourth-order valence-electron chi connectivity index (χ4n) is 2.60. The van der Waals surface area contributed by atoms with Crippen LogP contribution in [0.25, 0.3) is 9.92 Å². The van der Waals surface area contributed by atoms with Crippen molar-refractivity contribution in [1.82, 2.24) is 29.2 Å². The zero-order valence-electron chi connectivity index (χ0n) is 14.4. The van der Waals surface area contributed by atoms with Crippen molar-refractivity contribution in [2.75, 3.05) is 30.4 Å². The summed E-state index contributed by atoms with van der Waals surface area (Å²) in [5.74, 6) is 0. The number of nitrogens with zero attached hydrogens (tertiary/aromatic N) is 7. The van der Waals surface area contributed by atoms with E-state index in [4.69, 9.17) is 0 Å². The van der Waals surface area contributed by atoms with Crippen LogP contribution in [0.5, 0.6) is 0 Å². The Morgan fingerprint density at radius 2 is 1.68 bits per heavy atom. The summed E-state index contributed by atoms with van der Waals surface area (Å²) >= 11 is 3.21. The largest absolute Gasteiger partial charge is 0.360 e. The third kappa shape index (κ3) is 3.45. The van der Waals surface area contributed by atoms with Crippen molar-refractivity contribution >= 4 is 42.9 Å². The highest BCUT2D eigenvalue weighted by Gasteiger charge is 2.10. The molecule has 0 aromatic carbocycles. The van der Waals surface area contributed by atoms with Gasteiger partial charge in [-0.15, -0.1) is 10.2 Å². The van der Waals surface area contributed by atoms with E-state index >= 15 is 0 Å². The van der Waals surface area contributed by atoms with Crippen LogP contribution in [0, 0.1) is 13.8 Å². The first kappa shape index (κ1) is 16.3. The molecule has 4 aromatic rings. The van der Waals surface area contributed by atoms with Crippen LogP contribution in [-0.2, 0) is 0 Å². The lowest BCUT2D eigenvalue weighted by Gasteiger charge is -2.14. The Hall–Kier alpha value is -2.20. The molecule has 0 aliphatic heterocycles. The highest BCUT2D eigenvalue weighted by molar-refractivity contribution is 7.20. The van der Waals surface area contributed by atoms with Gasteiger partial charge in [0.2, 0.25) is 20.2 Å². The predicted molar refractivity (Wildman–Crippen MR) is 102 cm³/mol. The van der Waals surface area contributed by atoms with Crippen LogP contribution < -0.4 is 10.2 Å². The van der Waals surface area contributed by atoms with Gasteiger partial charge in [0.1, 0.15) is 0 Å². The number of anilines is 2. The fourth-order valence-corrected chi connectivity index (χ4v) is 4.37. The van der Waals surface area contributed by atoms with Crippen LogP contribution in [0.2, 0.25) is 0 Å². The molecule has 0 bridgehead atoms. The van der Waals surface area contributed by atoms with Crippen LogP contribution in [0.15, 0.2) is 12.4 Å². The molecule has 0 aliphatic carbocycles. The molecule has 0 amide bonds. The maximum Gasteiger partial charge on any atom is 0.214 e. The monoisotopic (exact) mass is 376 g/mol. The number of aromatic nitrogens is 6. The van der Waals surface area contributed by atoms with Gasteiger partial charge in [-0.25, -0.2) is 19.0 Å². The third-order valence-electron chi connectivity index (χ3n) is 3.84. The first-order valence-corrected chi connectivity index (χ1v) is 9.82. The summed E-state index contributed by atoms with van der Waals surface area (Å²) in [6.45, 7) is 5.84. The number of hydrogen-bond acceptors (Lipinski definition) is 8. The van der Waals surface area contributed by atoms with Crippen LogP contribution in [0.3, 0.4) is 0 Å². The van der Waals surface area contributed by atoms with Crippen LogP contribution in [0.4, 0.5) is 10.3 Å². The van der Waals surface area contributed by atoms with Gasteiger partial charge in [-0.3, -0.25) is 0 Å². The van der Waals surface area contributed by atoms with Crippen LogP contribution in [0.1, 0.15) is 24.2 Å². The van der Waals surface area contributed by atoms with Gasteiger partial charge in [0.15, 0.2) is 0 Å². The molecule has 4 rings (SSSR count). The molecule has 10 heteroatoms. The van der Waals surface area contributed by atoms with Gasteiger partial charge in [-0.2, -0.15) is 0 Å². The number of imidazole rings is 2. The zero-order chi connectivity index (χ0) is 17.4. The lowest BCUT2D eigenvalue weighted by atomic mass is 10.3. The molecular formula is C15H20N8S2. The van der Waals surface area contributed by atoms with Gasteiger partial charge in [0.05, 0.1) is 23.8 Å². The molecule has 25 heavy (non-hydrogen) atoms. The molecule has 0 saturated heterocycles. The van der Waals surface area contributed by atoms with Gasteiger partial charge in [-0.05, 0) is 26.7 Å². The quantitative estimate of drug-likeness (QED) is 0.500. The van der Waals surface area contributed by atoms with E-state index in [0.29, 0.717) is 0 Å². The lowest BCUT2D eigenvalue weighted by molar-refractivity contribution is 0.735. The van der Waals surface area contributed by atoms with E-state index in [-0.39, 0.29) is 0 Å². The number of hydrogen-bond donors (Lipinski definition) is 1. The maximum atomic E-state index is 4.57. The molecule has 0 spiro atoms. The Morgan fingerprint density at radius 1 is 1.00 bits per heavy atom. The zero-order valence-corrected chi connectivity index (χ0v) is 16.1. The molecule has 0 fully saturated rings. The van der Waals surface area contributed by atoms with Crippen molar-refractivity contribution in [3.63, 3.8) is 0 Å². The normalized spacial score (nSPS) is 11.6. The van der Waals surface area contributed by atoms with Crippen molar-refractivity contribution in [3.8, 4) is 0 Å². The Labute approximate surface area is 153 Å². The van der Waals surface area contributed by atoms with Crippen LogP contribution in [-0.4, -0.2) is 49.3 Å². The van der Waals surface area contributed by atoms with E-state index in [1.807, 2.05) is 35.3 Å². The number of unbranched alkanes of at least 4 members (excludes halogenated alkanes) is 1. The molecule has 132 valence electrons. The Bertz CT molecular complexity index is 931. The number of aryl methyl sites for hydroxylation is 2. The van der Waals surface area contributed by atoms with Gasteiger partial charge < -0.3 is 10.2 Å². The van der Waals surface area contributed by atoms with E-state index < -0.39 is 0 Å². The van der Waals surface area contributed by atoms with E-state index in [2.05, 4.69) is 37.4 Å². The average molecular weight is 377 g/mol. The molecule has 0 saturated carbocycles. The maximum absolute atomic E-state index is 4.57. The fraction of sp³-hybridized carbons (Fsp3) is 0.467. The minimum Gasteiger partial charge on any atom is -0.360 e. The minimum atomic E-state index is 0.907. The highest BCUT2D eigenvalue weighted by atomic mass is 32.1. The number of nitrogens with one attached hydrogen (secondary N) is 1. The molecule has 0 unspecified atom stereocenters. The highest BCUT2D eigenvalue weighted by Crippen LogP contribution is 2.22. The first-order chi connectivity index (χ1) is 12.1. The molecule has 0 radical (unpaired) electrons. The molecule has 4 heterocycles. The van der Waals surface area contributed by atoms with E-state index in [0.717, 1.165) is 57.5 Å². The smallest absolute Gasteiger partial charge is 0.214 e. The first-order valence-electron chi connectivity index (χ1n) is 8.19. The van der Waals surface area contributed by atoms with Crippen molar-refractivity contribution < 1.29 is 0 Å². The van der Waals surface area contributed by atoms with Crippen molar-refractivity contribution in [2.24, 2.45) is 0 Å². The summed E-state index contributed by atoms with van der Waals surface area (Å²) in [7, 11) is 2.08. The summed E-state index contributed by atoms with van der Waals surface area (Å²) in [6.07, 6.45) is 6.07. The van der Waals surface area contributed by atoms with E-state index in [1.165, 1.54) is 0 Å². The minimum absolute atomic E-state index is 0.907. The van der Waals surface area contributed by atoms with Gasteiger partial charge in [-0.1, -0.05) is 22.7 Å². The SMILES string of the molecule is Cc1cn2nc(NCCCCN(C)c3nn4cc(C)nc4s3)sc2n1. The Morgan fingerprint density at radius 3 is 2.36 bits per heavy atom. The average Bonchev–Trinajstić information content (AvgIpc) is 3.25. The second-order valence-corrected chi connectivity index (χ2v) is 7.96. The summed E-state index contributed by atoms with van der Waals surface area (Å²) in [6, 6.07) is 0. The standard InChI is InChI=1S/C15H20N8S2/c1-10-8-22-13(17-10)24-12(19-22)16-6-4-5-7-21(3)15-20-23-9-11(2)18-14(23)25-15/h8-9H,4-7H2,1-3H3,(H,16,19). The summed E-state index contributed by atoms with van der Waals surface area (Å²) in [5.41, 5.74) is 2.00. The molecular weight excluding hydrogens is 356 g/mol. The molecule has 0 atom stereocenters. The topological polar surface area (TPSA) is 75.7 Å². The van der Waals surface area contributed by atoms with Gasteiger partial charge >= 0.3 is 0 Å². The number of rotatable bonds is 7. The summed E-state index contributed by atoms with van der Waals surface area (Å²) in [5, 5.41) is 14.4. The van der Waals surface area contributed by atoms with E-state index in [1.54, 1.807) is 22.7 Å². The number of fused-ring (bicyclic) bond motifs is 2. The van der Waals surface area contributed by atoms with E-state index in [9.17, 15) is 0 Å². The third-order valence-corrected chi connectivity index (χ3v) is 5.76. The summed E-state index contributed by atoms with van der Waals surface area (Å²) in [4.78, 5) is 12.9.